The van der Waals surface area contributed by atoms with E-state index in [0.717, 1.165) is 16.7 Å². The van der Waals surface area contributed by atoms with E-state index < -0.39 is 0 Å². The first-order chi connectivity index (χ1) is 12.0. The summed E-state index contributed by atoms with van der Waals surface area (Å²) in [4.78, 5) is 28.7. The molecule has 4 nitrogen and oxygen atoms in total. The molecule has 2 amide bonds. The SMILES string of the molecule is Cc1ccc(CC(=O)N2CCN(C(=O)c3cccc(C)c3)CC2)cc1. The van der Waals surface area contributed by atoms with Gasteiger partial charge in [-0.25, -0.2) is 0 Å². The standard InChI is InChI=1S/C21H24N2O2/c1-16-6-8-18(9-7-16)15-20(24)22-10-12-23(13-11-22)21(25)19-5-3-4-17(2)14-19/h3-9,14H,10-13,15H2,1-2H3. The number of hydrogen-bond acceptors (Lipinski definition) is 2. The van der Waals surface area contributed by atoms with Gasteiger partial charge in [0.15, 0.2) is 0 Å². The van der Waals surface area contributed by atoms with Gasteiger partial charge >= 0.3 is 0 Å². The molecule has 0 radical (unpaired) electrons. The van der Waals surface area contributed by atoms with Crippen LogP contribution in [-0.2, 0) is 11.2 Å². The van der Waals surface area contributed by atoms with Crippen molar-refractivity contribution in [1.29, 1.82) is 0 Å². The second kappa shape index (κ2) is 7.51. The molecule has 1 heterocycles. The van der Waals surface area contributed by atoms with Gasteiger partial charge in [0.1, 0.15) is 0 Å². The Hall–Kier alpha value is -2.62. The summed E-state index contributed by atoms with van der Waals surface area (Å²) < 4.78 is 0. The van der Waals surface area contributed by atoms with Crippen LogP contribution in [0.3, 0.4) is 0 Å². The lowest BCUT2D eigenvalue weighted by Crippen LogP contribution is -2.51. The van der Waals surface area contributed by atoms with Crippen LogP contribution < -0.4 is 0 Å². The molecule has 2 aromatic carbocycles. The van der Waals surface area contributed by atoms with Crippen molar-refractivity contribution in [3.05, 3.63) is 70.8 Å². The van der Waals surface area contributed by atoms with Gasteiger partial charge in [0.25, 0.3) is 5.91 Å². The van der Waals surface area contributed by atoms with E-state index in [0.29, 0.717) is 32.6 Å². The largest absolute Gasteiger partial charge is 0.339 e. The maximum atomic E-state index is 12.6. The molecule has 0 N–H and O–H groups in total. The molecule has 3 rings (SSSR count). The maximum absolute atomic E-state index is 12.6. The normalized spacial score (nSPS) is 14.5. The van der Waals surface area contributed by atoms with Crippen LogP contribution >= 0.6 is 0 Å². The van der Waals surface area contributed by atoms with Crippen LogP contribution in [0, 0.1) is 13.8 Å². The van der Waals surface area contributed by atoms with Crippen molar-refractivity contribution in [2.24, 2.45) is 0 Å². The van der Waals surface area contributed by atoms with Crippen molar-refractivity contribution >= 4 is 11.8 Å². The molecule has 0 spiro atoms. The molecule has 1 aliphatic heterocycles. The smallest absolute Gasteiger partial charge is 0.253 e. The summed E-state index contributed by atoms with van der Waals surface area (Å²) in [6, 6.07) is 15.7. The minimum atomic E-state index is 0.0503. The number of nitrogens with zero attached hydrogens (tertiary/aromatic N) is 2. The van der Waals surface area contributed by atoms with Crippen LogP contribution in [0.5, 0.6) is 0 Å². The summed E-state index contributed by atoms with van der Waals surface area (Å²) >= 11 is 0. The van der Waals surface area contributed by atoms with Gasteiger partial charge < -0.3 is 9.80 Å². The van der Waals surface area contributed by atoms with Crippen molar-refractivity contribution in [3.8, 4) is 0 Å². The fourth-order valence-electron chi connectivity index (χ4n) is 3.11. The van der Waals surface area contributed by atoms with Crippen LogP contribution in [0.1, 0.15) is 27.0 Å². The topological polar surface area (TPSA) is 40.6 Å². The third-order valence-electron chi connectivity index (χ3n) is 4.66. The Bertz CT molecular complexity index is 760. The van der Waals surface area contributed by atoms with E-state index in [1.165, 1.54) is 5.56 Å². The summed E-state index contributed by atoms with van der Waals surface area (Å²) in [7, 11) is 0. The summed E-state index contributed by atoms with van der Waals surface area (Å²) in [6.07, 6.45) is 0.423. The number of piperazine rings is 1. The zero-order valence-corrected chi connectivity index (χ0v) is 14.9. The Morgan fingerprint density at radius 2 is 1.48 bits per heavy atom. The van der Waals surface area contributed by atoms with E-state index in [2.05, 4.69) is 0 Å². The number of benzene rings is 2. The van der Waals surface area contributed by atoms with Crippen molar-refractivity contribution < 1.29 is 9.59 Å². The molecule has 0 aromatic heterocycles. The fourth-order valence-corrected chi connectivity index (χ4v) is 3.11. The molecule has 0 atom stereocenters. The van der Waals surface area contributed by atoms with Crippen LogP contribution in [-0.4, -0.2) is 47.8 Å². The second-order valence-corrected chi connectivity index (χ2v) is 6.70. The highest BCUT2D eigenvalue weighted by atomic mass is 16.2. The van der Waals surface area contributed by atoms with Crippen LogP contribution in [0.15, 0.2) is 48.5 Å². The van der Waals surface area contributed by atoms with Gasteiger partial charge in [-0.1, -0.05) is 47.5 Å². The summed E-state index contributed by atoms with van der Waals surface area (Å²) in [5, 5.41) is 0. The number of amides is 2. The molecule has 4 heteroatoms. The van der Waals surface area contributed by atoms with Crippen molar-refractivity contribution in [2.45, 2.75) is 20.3 Å². The van der Waals surface area contributed by atoms with Gasteiger partial charge in [-0.05, 0) is 31.5 Å². The molecule has 2 aromatic rings. The number of carbonyl (C=O) groups is 2. The molecular formula is C21H24N2O2. The maximum Gasteiger partial charge on any atom is 0.253 e. The molecule has 25 heavy (non-hydrogen) atoms. The Kier molecular flexibility index (Phi) is 5.17. The molecule has 130 valence electrons. The predicted octanol–water partition coefficient (Wildman–Crippen LogP) is 2.83. The lowest BCUT2D eigenvalue weighted by atomic mass is 10.1. The molecule has 1 aliphatic rings. The van der Waals surface area contributed by atoms with Gasteiger partial charge in [-0.15, -0.1) is 0 Å². The molecule has 0 aliphatic carbocycles. The number of hydrogen-bond donors (Lipinski definition) is 0. The molecule has 0 saturated carbocycles. The minimum Gasteiger partial charge on any atom is -0.339 e. The van der Waals surface area contributed by atoms with Crippen molar-refractivity contribution in [2.75, 3.05) is 26.2 Å². The first kappa shape index (κ1) is 17.2. The monoisotopic (exact) mass is 336 g/mol. The highest BCUT2D eigenvalue weighted by Gasteiger charge is 2.24. The number of aryl methyl sites for hydroxylation is 2. The fraction of sp³-hybridized carbons (Fsp3) is 0.333. The highest BCUT2D eigenvalue weighted by Crippen LogP contribution is 2.12. The van der Waals surface area contributed by atoms with E-state index in [1.54, 1.807) is 0 Å². The van der Waals surface area contributed by atoms with E-state index in [1.807, 2.05) is 72.2 Å². The third-order valence-corrected chi connectivity index (χ3v) is 4.66. The Labute approximate surface area is 149 Å². The van der Waals surface area contributed by atoms with Gasteiger partial charge in [0.2, 0.25) is 5.91 Å². The molecule has 1 saturated heterocycles. The van der Waals surface area contributed by atoms with Gasteiger partial charge in [0.05, 0.1) is 6.42 Å². The zero-order chi connectivity index (χ0) is 17.8. The van der Waals surface area contributed by atoms with E-state index in [4.69, 9.17) is 0 Å². The van der Waals surface area contributed by atoms with E-state index >= 15 is 0 Å². The average molecular weight is 336 g/mol. The predicted molar refractivity (Wildman–Crippen MR) is 98.5 cm³/mol. The quantitative estimate of drug-likeness (QED) is 0.865. The summed E-state index contributed by atoms with van der Waals surface area (Å²) in [5.74, 6) is 0.181. The summed E-state index contributed by atoms with van der Waals surface area (Å²) in [6.45, 7) is 6.40. The molecule has 0 unspecified atom stereocenters. The second-order valence-electron chi connectivity index (χ2n) is 6.70. The Balaban J connectivity index is 1.55. The number of rotatable bonds is 3. The van der Waals surface area contributed by atoms with E-state index in [9.17, 15) is 9.59 Å². The highest BCUT2D eigenvalue weighted by molar-refractivity contribution is 5.94. The zero-order valence-electron chi connectivity index (χ0n) is 14.9. The van der Waals surface area contributed by atoms with Gasteiger partial charge in [-0.3, -0.25) is 9.59 Å². The lowest BCUT2D eigenvalue weighted by Gasteiger charge is -2.35. The molecule has 1 fully saturated rings. The van der Waals surface area contributed by atoms with Crippen LogP contribution in [0.25, 0.3) is 0 Å². The molecule has 0 bridgehead atoms. The van der Waals surface area contributed by atoms with Crippen molar-refractivity contribution in [3.63, 3.8) is 0 Å². The first-order valence-corrected chi connectivity index (χ1v) is 8.72. The van der Waals surface area contributed by atoms with Crippen LogP contribution in [0.4, 0.5) is 0 Å². The minimum absolute atomic E-state index is 0.0503. The average Bonchev–Trinajstić information content (AvgIpc) is 2.63. The lowest BCUT2D eigenvalue weighted by molar-refractivity contribution is -0.131. The Morgan fingerprint density at radius 3 is 2.12 bits per heavy atom. The van der Waals surface area contributed by atoms with E-state index in [-0.39, 0.29) is 11.8 Å². The molecular weight excluding hydrogens is 312 g/mol. The van der Waals surface area contributed by atoms with Gasteiger partial charge in [-0.2, -0.15) is 0 Å². The van der Waals surface area contributed by atoms with Crippen molar-refractivity contribution in [1.82, 2.24) is 9.80 Å². The van der Waals surface area contributed by atoms with Crippen LogP contribution in [0.2, 0.25) is 0 Å². The Morgan fingerprint density at radius 1 is 0.840 bits per heavy atom. The third kappa shape index (κ3) is 4.27. The summed E-state index contributed by atoms with van der Waals surface area (Å²) in [5.41, 5.74) is 4.03. The first-order valence-electron chi connectivity index (χ1n) is 8.72. The number of carbonyl (C=O) groups excluding carboxylic acids is 2. The van der Waals surface area contributed by atoms with Gasteiger partial charge in [0, 0.05) is 31.7 Å².